The highest BCUT2D eigenvalue weighted by molar-refractivity contribution is 14.1. The molecule has 2 amide bonds. The Morgan fingerprint density at radius 1 is 1.09 bits per heavy atom. The van der Waals surface area contributed by atoms with E-state index in [1.807, 2.05) is 26.0 Å². The maximum atomic E-state index is 13.9. The lowest BCUT2D eigenvalue weighted by Gasteiger charge is -2.20. The topological polar surface area (TPSA) is 62.3 Å². The molecule has 0 saturated heterocycles. The summed E-state index contributed by atoms with van der Waals surface area (Å²) in [5, 5.41) is 2.47. The number of aromatic nitrogens is 1. The van der Waals surface area contributed by atoms with Gasteiger partial charge in [-0.2, -0.15) is 0 Å². The Hall–Kier alpha value is -2.95. The number of pyridine rings is 1. The van der Waals surface area contributed by atoms with Crippen LogP contribution in [0.25, 0.3) is 0 Å². The van der Waals surface area contributed by atoms with Crippen molar-refractivity contribution in [3.05, 3.63) is 92.1 Å². The average molecular weight is 565 g/mol. The number of fused-ring (bicyclic) bond motifs is 1. The van der Waals surface area contributed by atoms with Gasteiger partial charge >= 0.3 is 0 Å². The fraction of sp³-hybridized carbons (Fsp3) is 0.208. The van der Waals surface area contributed by atoms with Gasteiger partial charge in [-0.05, 0) is 66.3 Å². The predicted octanol–water partition coefficient (Wildman–Crippen LogP) is 4.86. The molecule has 5 nitrogen and oxygen atoms in total. The van der Waals surface area contributed by atoms with Crippen LogP contribution in [0, 0.1) is 21.0 Å². The van der Waals surface area contributed by atoms with Crippen molar-refractivity contribution in [1.29, 1.82) is 0 Å². The molecule has 1 aliphatic rings. The molecule has 0 aliphatic carbocycles. The lowest BCUT2D eigenvalue weighted by Crippen LogP contribution is -2.35. The number of carbonyl (C=O) groups is 2. The molecule has 0 atom stereocenters. The van der Waals surface area contributed by atoms with E-state index in [0.717, 1.165) is 14.7 Å². The van der Waals surface area contributed by atoms with Crippen LogP contribution in [0.5, 0.6) is 0 Å². The molecule has 9 heteroatoms. The molecule has 0 fully saturated rings. The van der Waals surface area contributed by atoms with Gasteiger partial charge in [-0.15, -0.1) is 0 Å². The van der Waals surface area contributed by atoms with E-state index in [1.165, 1.54) is 0 Å². The quantitative estimate of drug-likeness (QED) is 0.450. The summed E-state index contributed by atoms with van der Waals surface area (Å²) < 4.78 is 41.7. The minimum atomic E-state index is -1.08. The van der Waals surface area contributed by atoms with Gasteiger partial charge < -0.3 is 10.2 Å². The van der Waals surface area contributed by atoms with Crippen LogP contribution >= 0.6 is 22.6 Å². The molecule has 170 valence electrons. The third-order valence-electron chi connectivity index (χ3n) is 5.65. The van der Waals surface area contributed by atoms with Crippen molar-refractivity contribution in [2.45, 2.75) is 32.4 Å². The van der Waals surface area contributed by atoms with Crippen molar-refractivity contribution >= 4 is 40.1 Å². The van der Waals surface area contributed by atoms with Crippen LogP contribution in [-0.4, -0.2) is 16.8 Å². The second-order valence-corrected chi connectivity index (χ2v) is 9.42. The van der Waals surface area contributed by atoms with Crippen molar-refractivity contribution < 1.29 is 22.8 Å². The van der Waals surface area contributed by atoms with Gasteiger partial charge in [-0.25, -0.2) is 13.2 Å². The summed E-state index contributed by atoms with van der Waals surface area (Å²) in [6.07, 6.45) is 3.28. The molecule has 2 heterocycles. The van der Waals surface area contributed by atoms with Crippen molar-refractivity contribution in [3.8, 4) is 0 Å². The zero-order valence-corrected chi connectivity index (χ0v) is 19.9. The van der Waals surface area contributed by atoms with Gasteiger partial charge in [0.15, 0.2) is 0 Å². The maximum absolute atomic E-state index is 13.9. The van der Waals surface area contributed by atoms with E-state index < -0.39 is 40.9 Å². The Morgan fingerprint density at radius 2 is 1.73 bits per heavy atom. The Kier molecular flexibility index (Phi) is 6.17. The minimum absolute atomic E-state index is 0.0970. The van der Waals surface area contributed by atoms with Gasteiger partial charge in [0.2, 0.25) is 5.91 Å². The van der Waals surface area contributed by atoms with Crippen molar-refractivity contribution in [2.24, 2.45) is 0 Å². The molecule has 2 aromatic carbocycles. The Balaban J connectivity index is 1.65. The van der Waals surface area contributed by atoms with Gasteiger partial charge in [0, 0.05) is 51.3 Å². The largest absolute Gasteiger partial charge is 0.348 e. The number of amides is 2. The Labute approximate surface area is 202 Å². The molecular formula is C24H19F3IN3O2. The van der Waals surface area contributed by atoms with Crippen LogP contribution in [0.3, 0.4) is 0 Å². The lowest BCUT2D eigenvalue weighted by molar-refractivity contribution is -0.122. The molecule has 1 aliphatic heterocycles. The number of anilines is 1. The second-order valence-electron chi connectivity index (χ2n) is 8.25. The lowest BCUT2D eigenvalue weighted by atomic mass is 9.86. The van der Waals surface area contributed by atoms with Gasteiger partial charge in [-0.3, -0.25) is 14.6 Å². The van der Waals surface area contributed by atoms with Crippen LogP contribution in [0.4, 0.5) is 18.9 Å². The van der Waals surface area contributed by atoms with Crippen molar-refractivity contribution in [3.63, 3.8) is 0 Å². The van der Waals surface area contributed by atoms with Crippen LogP contribution in [0.15, 0.2) is 48.8 Å². The summed E-state index contributed by atoms with van der Waals surface area (Å²) in [6.45, 7) is 3.53. The zero-order valence-electron chi connectivity index (χ0n) is 17.8. The summed E-state index contributed by atoms with van der Waals surface area (Å²) in [4.78, 5) is 31.7. The normalized spacial score (nSPS) is 14.4. The molecular weight excluding hydrogens is 546 g/mol. The molecule has 3 aromatic rings. The molecule has 1 N–H and O–H groups in total. The SMILES string of the molecule is CC1(C)C(=O)N(Cc2ccncc2)c2cc(C(=O)NCc3c(F)cc(F)cc3F)cc(I)c21. The Morgan fingerprint density at radius 3 is 2.36 bits per heavy atom. The molecule has 4 rings (SSSR count). The van der Waals surface area contributed by atoms with E-state index in [-0.39, 0.29) is 11.5 Å². The van der Waals surface area contributed by atoms with Gasteiger partial charge in [0.1, 0.15) is 17.5 Å². The first-order valence-corrected chi connectivity index (χ1v) is 11.1. The molecule has 0 unspecified atom stereocenters. The van der Waals surface area contributed by atoms with Crippen LogP contribution in [-0.2, 0) is 23.3 Å². The number of nitrogens with one attached hydrogen (secondary N) is 1. The fourth-order valence-electron chi connectivity index (χ4n) is 3.95. The first kappa shape index (κ1) is 23.2. The molecule has 0 spiro atoms. The number of halogens is 4. The summed E-state index contributed by atoms with van der Waals surface area (Å²) >= 11 is 2.08. The van der Waals surface area contributed by atoms with Crippen molar-refractivity contribution in [2.75, 3.05) is 4.90 Å². The fourth-order valence-corrected chi connectivity index (χ4v) is 5.23. The van der Waals surface area contributed by atoms with E-state index in [4.69, 9.17) is 0 Å². The molecule has 0 bridgehead atoms. The van der Waals surface area contributed by atoms with E-state index in [0.29, 0.717) is 24.4 Å². The van der Waals surface area contributed by atoms with Crippen LogP contribution < -0.4 is 10.2 Å². The third kappa shape index (κ3) is 4.33. The van der Waals surface area contributed by atoms with Crippen LogP contribution in [0.1, 0.15) is 40.9 Å². The monoisotopic (exact) mass is 565 g/mol. The van der Waals surface area contributed by atoms with Crippen molar-refractivity contribution in [1.82, 2.24) is 10.3 Å². The minimum Gasteiger partial charge on any atom is -0.348 e. The van der Waals surface area contributed by atoms with E-state index >= 15 is 0 Å². The highest BCUT2D eigenvalue weighted by atomic mass is 127. The second kappa shape index (κ2) is 8.77. The predicted molar refractivity (Wildman–Crippen MR) is 125 cm³/mol. The molecule has 0 radical (unpaired) electrons. The number of benzene rings is 2. The summed E-state index contributed by atoms with van der Waals surface area (Å²) in [7, 11) is 0. The highest BCUT2D eigenvalue weighted by Crippen LogP contribution is 2.45. The summed E-state index contributed by atoms with van der Waals surface area (Å²) in [5.74, 6) is -3.85. The number of carbonyl (C=O) groups excluding carboxylic acids is 2. The zero-order chi connectivity index (χ0) is 23.9. The maximum Gasteiger partial charge on any atom is 0.251 e. The Bertz CT molecular complexity index is 1240. The van der Waals surface area contributed by atoms with Crippen LogP contribution in [0.2, 0.25) is 0 Å². The van der Waals surface area contributed by atoms with Gasteiger partial charge in [-0.1, -0.05) is 0 Å². The molecule has 1 aromatic heterocycles. The summed E-state index contributed by atoms with van der Waals surface area (Å²) in [6, 6.07) is 7.99. The highest BCUT2D eigenvalue weighted by Gasteiger charge is 2.45. The standard InChI is InChI=1S/C24H19F3IN3O2/c1-24(2)21-19(28)7-14(22(32)30-11-16-17(26)9-15(25)10-18(16)27)8-20(21)31(23(24)33)12-13-3-5-29-6-4-13/h3-10H,11-12H2,1-2H3,(H,30,32). The van der Waals surface area contributed by atoms with Gasteiger partial charge in [0.05, 0.1) is 17.6 Å². The number of nitrogens with zero attached hydrogens (tertiary/aromatic N) is 2. The molecule has 33 heavy (non-hydrogen) atoms. The number of hydrogen-bond acceptors (Lipinski definition) is 3. The molecule has 0 saturated carbocycles. The first-order chi connectivity index (χ1) is 15.6. The smallest absolute Gasteiger partial charge is 0.251 e. The van der Waals surface area contributed by atoms with E-state index in [1.54, 1.807) is 29.4 Å². The first-order valence-electron chi connectivity index (χ1n) is 10.1. The number of rotatable bonds is 5. The third-order valence-corrected chi connectivity index (χ3v) is 6.50. The van der Waals surface area contributed by atoms with Gasteiger partial charge in [0.25, 0.3) is 5.91 Å². The van der Waals surface area contributed by atoms with E-state index in [9.17, 15) is 22.8 Å². The van der Waals surface area contributed by atoms with E-state index in [2.05, 4.69) is 32.9 Å². The summed E-state index contributed by atoms with van der Waals surface area (Å²) in [5.41, 5.74) is 1.33. The number of hydrogen-bond donors (Lipinski definition) is 1. The average Bonchev–Trinajstić information content (AvgIpc) is 2.94.